The monoisotopic (exact) mass is 408 g/mol. The molecule has 1 fully saturated rings. The first kappa shape index (κ1) is 19.9. The van der Waals surface area contributed by atoms with Crippen molar-refractivity contribution in [3.63, 3.8) is 0 Å². The molecule has 146 valence electrons. The largest absolute Gasteiger partial charge is 0.492 e. The Morgan fingerprint density at radius 3 is 2.81 bits per heavy atom. The average Bonchev–Trinajstić information content (AvgIpc) is 3.07. The highest BCUT2D eigenvalue weighted by Gasteiger charge is 2.26. The van der Waals surface area contributed by atoms with Crippen molar-refractivity contribution in [3.8, 4) is 5.75 Å². The zero-order valence-electron chi connectivity index (χ0n) is 15.5. The number of H-pyrrole nitrogens is 1. The van der Waals surface area contributed by atoms with Crippen LogP contribution in [-0.4, -0.2) is 45.3 Å². The van der Waals surface area contributed by atoms with Gasteiger partial charge in [0, 0.05) is 32.0 Å². The fraction of sp³-hybridized carbons (Fsp3) is 0.526. The van der Waals surface area contributed by atoms with E-state index in [1.165, 1.54) is 0 Å². The zero-order valence-corrected chi connectivity index (χ0v) is 17.1. The maximum atomic E-state index is 12.4. The molecule has 0 aliphatic carbocycles. The van der Waals surface area contributed by atoms with Crippen molar-refractivity contribution in [2.45, 2.75) is 45.1 Å². The van der Waals surface area contributed by atoms with Crippen molar-refractivity contribution < 1.29 is 9.53 Å². The summed E-state index contributed by atoms with van der Waals surface area (Å²) < 4.78 is 8.37. The van der Waals surface area contributed by atoms with Gasteiger partial charge in [0.05, 0.1) is 11.6 Å². The van der Waals surface area contributed by atoms with E-state index in [0.717, 1.165) is 38.3 Å². The minimum absolute atomic E-state index is 0.186. The third-order valence-corrected chi connectivity index (χ3v) is 5.57. The van der Waals surface area contributed by atoms with E-state index in [9.17, 15) is 4.79 Å². The van der Waals surface area contributed by atoms with Gasteiger partial charge < -0.3 is 14.2 Å². The van der Waals surface area contributed by atoms with Crippen LogP contribution in [0.3, 0.4) is 0 Å². The summed E-state index contributed by atoms with van der Waals surface area (Å²) in [6.07, 6.45) is 3.00. The summed E-state index contributed by atoms with van der Waals surface area (Å²) in [7, 11) is 0. The van der Waals surface area contributed by atoms with Gasteiger partial charge in [-0.05, 0) is 50.5 Å². The zero-order chi connectivity index (χ0) is 19.2. The lowest BCUT2D eigenvalue weighted by molar-refractivity contribution is -0.132. The molecule has 8 heteroatoms. The lowest BCUT2D eigenvalue weighted by Gasteiger charge is -2.31. The van der Waals surface area contributed by atoms with Gasteiger partial charge in [-0.2, -0.15) is 5.10 Å². The molecule has 0 unspecified atom stereocenters. The van der Waals surface area contributed by atoms with Gasteiger partial charge in [0.1, 0.15) is 11.6 Å². The number of para-hydroxylation sites is 1. The summed E-state index contributed by atoms with van der Waals surface area (Å²) in [5.74, 6) is 2.22. The molecular weight excluding hydrogens is 384 g/mol. The van der Waals surface area contributed by atoms with Crippen LogP contribution in [0.5, 0.6) is 5.75 Å². The maximum Gasteiger partial charge on any atom is 0.222 e. The smallest absolute Gasteiger partial charge is 0.222 e. The van der Waals surface area contributed by atoms with Crippen LogP contribution in [0.25, 0.3) is 0 Å². The van der Waals surface area contributed by atoms with Crippen molar-refractivity contribution in [3.05, 3.63) is 39.9 Å². The fourth-order valence-electron chi connectivity index (χ4n) is 3.46. The summed E-state index contributed by atoms with van der Waals surface area (Å²) in [5.41, 5.74) is 0. The molecular formula is C19H25ClN4O2S. The average molecular weight is 409 g/mol. The fourth-order valence-corrected chi connectivity index (χ4v) is 3.92. The number of rotatable bonds is 7. The number of halogens is 1. The van der Waals surface area contributed by atoms with E-state index < -0.39 is 0 Å². The maximum absolute atomic E-state index is 12.4. The Morgan fingerprint density at radius 2 is 2.11 bits per heavy atom. The molecule has 1 aliphatic rings. The summed E-state index contributed by atoms with van der Waals surface area (Å²) in [6.45, 7) is 4.89. The number of nitrogens with zero attached hydrogens (tertiary/aromatic N) is 3. The van der Waals surface area contributed by atoms with Crippen molar-refractivity contribution >= 4 is 29.7 Å². The first-order valence-corrected chi connectivity index (χ1v) is 10.2. The molecule has 0 spiro atoms. The Kier molecular flexibility index (Phi) is 6.90. The molecule has 1 saturated heterocycles. The van der Waals surface area contributed by atoms with Crippen LogP contribution in [0.15, 0.2) is 24.3 Å². The third-order valence-electron chi connectivity index (χ3n) is 4.95. The highest BCUT2D eigenvalue weighted by molar-refractivity contribution is 7.71. The van der Waals surface area contributed by atoms with E-state index in [1.807, 2.05) is 27.7 Å². The number of aromatic nitrogens is 3. The van der Waals surface area contributed by atoms with Crippen molar-refractivity contribution in [1.29, 1.82) is 0 Å². The minimum atomic E-state index is 0.186. The SMILES string of the molecule is CCn1c(C2CCN(C(=O)CCCOc3ccccc3Cl)CC2)n[nH]c1=S. The Hall–Kier alpha value is -1.86. The lowest BCUT2D eigenvalue weighted by atomic mass is 9.95. The molecule has 1 amide bonds. The number of amides is 1. The number of hydrogen-bond donors (Lipinski definition) is 1. The number of nitrogens with one attached hydrogen (secondary N) is 1. The molecule has 2 heterocycles. The number of ether oxygens (including phenoxy) is 1. The van der Waals surface area contributed by atoms with Crippen LogP contribution in [0.2, 0.25) is 5.02 Å². The molecule has 3 rings (SSSR count). The molecule has 0 radical (unpaired) electrons. The number of aromatic amines is 1. The molecule has 0 atom stereocenters. The van der Waals surface area contributed by atoms with Gasteiger partial charge in [-0.15, -0.1) is 0 Å². The van der Waals surface area contributed by atoms with Crippen LogP contribution >= 0.6 is 23.8 Å². The second kappa shape index (κ2) is 9.37. The van der Waals surface area contributed by atoms with Gasteiger partial charge in [0.25, 0.3) is 0 Å². The predicted molar refractivity (Wildman–Crippen MR) is 108 cm³/mol. The Bertz CT molecular complexity index is 827. The van der Waals surface area contributed by atoms with Gasteiger partial charge in [-0.3, -0.25) is 9.89 Å². The molecule has 27 heavy (non-hydrogen) atoms. The van der Waals surface area contributed by atoms with Crippen LogP contribution in [0, 0.1) is 4.77 Å². The summed E-state index contributed by atoms with van der Waals surface area (Å²) in [5, 5.41) is 7.87. The number of hydrogen-bond acceptors (Lipinski definition) is 4. The van der Waals surface area contributed by atoms with Crippen molar-refractivity contribution in [1.82, 2.24) is 19.7 Å². The van der Waals surface area contributed by atoms with Crippen LogP contribution < -0.4 is 4.74 Å². The standard InChI is InChI=1S/C19H25ClN4O2S/c1-2-24-18(21-22-19(24)27)14-9-11-23(12-10-14)17(25)8-5-13-26-16-7-4-3-6-15(16)20/h3-4,6-7,14H,2,5,8-13H2,1H3,(H,22,27). The topological polar surface area (TPSA) is 63.1 Å². The predicted octanol–water partition coefficient (Wildman–Crippen LogP) is 4.18. The number of carbonyl (C=O) groups excluding carboxylic acids is 1. The van der Waals surface area contributed by atoms with Gasteiger partial charge in [0.15, 0.2) is 4.77 Å². The Labute approximate surface area is 169 Å². The summed E-state index contributed by atoms with van der Waals surface area (Å²) in [4.78, 5) is 14.4. The highest BCUT2D eigenvalue weighted by atomic mass is 35.5. The quantitative estimate of drug-likeness (QED) is 0.551. The van der Waals surface area contributed by atoms with Gasteiger partial charge in [-0.1, -0.05) is 23.7 Å². The lowest BCUT2D eigenvalue weighted by Crippen LogP contribution is -2.38. The molecule has 2 aromatic rings. The van der Waals surface area contributed by atoms with E-state index in [2.05, 4.69) is 17.1 Å². The van der Waals surface area contributed by atoms with E-state index >= 15 is 0 Å². The summed E-state index contributed by atoms with van der Waals surface area (Å²) >= 11 is 11.3. The first-order valence-electron chi connectivity index (χ1n) is 9.40. The van der Waals surface area contributed by atoms with Gasteiger partial charge >= 0.3 is 0 Å². The second-order valence-electron chi connectivity index (χ2n) is 6.67. The molecule has 6 nitrogen and oxygen atoms in total. The first-order chi connectivity index (χ1) is 13.1. The Balaban J connectivity index is 1.42. The van der Waals surface area contributed by atoms with Gasteiger partial charge in [-0.25, -0.2) is 0 Å². The molecule has 1 aromatic carbocycles. The molecule has 1 aliphatic heterocycles. The van der Waals surface area contributed by atoms with Crippen LogP contribution in [0.4, 0.5) is 0 Å². The Morgan fingerprint density at radius 1 is 1.37 bits per heavy atom. The highest BCUT2D eigenvalue weighted by Crippen LogP contribution is 2.27. The van der Waals surface area contributed by atoms with Crippen LogP contribution in [0.1, 0.15) is 44.3 Å². The van der Waals surface area contributed by atoms with E-state index in [1.54, 1.807) is 6.07 Å². The summed E-state index contributed by atoms with van der Waals surface area (Å²) in [6, 6.07) is 7.37. The van der Waals surface area contributed by atoms with Crippen molar-refractivity contribution in [2.75, 3.05) is 19.7 Å². The molecule has 1 N–H and O–H groups in total. The third kappa shape index (κ3) is 4.90. The number of benzene rings is 1. The minimum Gasteiger partial charge on any atom is -0.492 e. The normalized spacial score (nSPS) is 15.1. The number of piperidine rings is 1. The molecule has 0 saturated carbocycles. The number of likely N-dealkylation sites (tertiary alicyclic amines) is 1. The van der Waals surface area contributed by atoms with Crippen molar-refractivity contribution in [2.24, 2.45) is 0 Å². The van der Waals surface area contributed by atoms with Crippen LogP contribution in [-0.2, 0) is 11.3 Å². The molecule has 0 bridgehead atoms. The van der Waals surface area contributed by atoms with E-state index in [0.29, 0.717) is 40.9 Å². The second-order valence-corrected chi connectivity index (χ2v) is 7.46. The molecule has 1 aromatic heterocycles. The number of carbonyl (C=O) groups is 1. The van der Waals surface area contributed by atoms with E-state index in [4.69, 9.17) is 28.6 Å². The van der Waals surface area contributed by atoms with Gasteiger partial charge in [0.2, 0.25) is 5.91 Å². The van der Waals surface area contributed by atoms with E-state index in [-0.39, 0.29) is 5.91 Å².